The molecule has 1 aliphatic rings. The van der Waals surface area contributed by atoms with Gasteiger partial charge in [-0.3, -0.25) is 4.79 Å². The molecule has 1 fully saturated rings. The summed E-state index contributed by atoms with van der Waals surface area (Å²) in [5.41, 5.74) is 7.45. The average molecular weight is 328 g/mol. The molecular formula is C18H24N4O2. The number of carbonyl (C=O) groups excluding carboxylic acids is 1. The summed E-state index contributed by atoms with van der Waals surface area (Å²) in [5.74, 6) is 0.0250. The van der Waals surface area contributed by atoms with Crippen molar-refractivity contribution in [2.75, 3.05) is 19.8 Å². The Morgan fingerprint density at radius 3 is 2.67 bits per heavy atom. The zero-order valence-corrected chi connectivity index (χ0v) is 13.9. The number of hydrogen-bond acceptors (Lipinski definition) is 4. The van der Waals surface area contributed by atoms with Gasteiger partial charge in [-0.15, -0.1) is 0 Å². The van der Waals surface area contributed by atoms with Gasteiger partial charge in [0.25, 0.3) is 0 Å². The van der Waals surface area contributed by atoms with Gasteiger partial charge in [0, 0.05) is 32.2 Å². The van der Waals surface area contributed by atoms with Crippen molar-refractivity contribution in [3.05, 3.63) is 48.3 Å². The summed E-state index contributed by atoms with van der Waals surface area (Å²) >= 11 is 0. The maximum atomic E-state index is 12.7. The lowest BCUT2D eigenvalue weighted by Gasteiger charge is -2.35. The van der Waals surface area contributed by atoms with Gasteiger partial charge in [0.2, 0.25) is 5.91 Å². The molecule has 0 aliphatic carbocycles. The van der Waals surface area contributed by atoms with E-state index in [9.17, 15) is 4.79 Å². The van der Waals surface area contributed by atoms with Gasteiger partial charge in [0.15, 0.2) is 0 Å². The van der Waals surface area contributed by atoms with Crippen molar-refractivity contribution >= 4 is 5.91 Å². The average Bonchev–Trinajstić information content (AvgIpc) is 3.17. The van der Waals surface area contributed by atoms with E-state index in [2.05, 4.69) is 10.4 Å². The molecule has 0 bridgehead atoms. The summed E-state index contributed by atoms with van der Waals surface area (Å²) in [6.45, 7) is 3.53. The minimum atomic E-state index is -0.499. The maximum Gasteiger partial charge on any atom is 0.228 e. The first-order valence-corrected chi connectivity index (χ1v) is 8.33. The number of ether oxygens (including phenoxy) is 1. The molecule has 1 aromatic heterocycles. The van der Waals surface area contributed by atoms with E-state index in [0.717, 1.165) is 11.3 Å². The largest absolute Gasteiger partial charge is 0.381 e. The van der Waals surface area contributed by atoms with Crippen molar-refractivity contribution in [1.29, 1.82) is 0 Å². The van der Waals surface area contributed by atoms with Crippen LogP contribution in [0.3, 0.4) is 0 Å². The number of hydrogen-bond donors (Lipinski definition) is 2. The van der Waals surface area contributed by atoms with E-state index in [1.54, 1.807) is 10.9 Å². The van der Waals surface area contributed by atoms with Crippen LogP contribution in [0, 0.1) is 5.41 Å². The normalized spacial score (nSPS) is 18.1. The van der Waals surface area contributed by atoms with E-state index in [-0.39, 0.29) is 11.9 Å². The molecule has 24 heavy (non-hydrogen) atoms. The summed E-state index contributed by atoms with van der Waals surface area (Å²) < 4.78 is 7.18. The highest BCUT2D eigenvalue weighted by atomic mass is 16.5. The van der Waals surface area contributed by atoms with Crippen LogP contribution in [-0.4, -0.2) is 35.4 Å². The Morgan fingerprint density at radius 2 is 2.08 bits per heavy atom. The quantitative estimate of drug-likeness (QED) is 0.877. The predicted molar refractivity (Wildman–Crippen MR) is 91.7 cm³/mol. The Balaban J connectivity index is 1.68. The highest BCUT2D eigenvalue weighted by Crippen LogP contribution is 2.30. The molecule has 6 nitrogen and oxygen atoms in total. The SMILES string of the molecule is CC(NC(=O)C1(CN)CCOCC1)c1ccc(-n2cccn2)cc1. The molecule has 1 aliphatic heterocycles. The number of carbonyl (C=O) groups is 1. The van der Waals surface area contributed by atoms with Crippen LogP contribution in [-0.2, 0) is 9.53 Å². The van der Waals surface area contributed by atoms with E-state index in [1.807, 2.05) is 43.5 Å². The molecule has 2 heterocycles. The number of benzene rings is 1. The van der Waals surface area contributed by atoms with Gasteiger partial charge in [0.05, 0.1) is 17.1 Å². The fraction of sp³-hybridized carbons (Fsp3) is 0.444. The second-order valence-electron chi connectivity index (χ2n) is 6.33. The van der Waals surface area contributed by atoms with Gasteiger partial charge in [-0.25, -0.2) is 4.68 Å². The maximum absolute atomic E-state index is 12.7. The molecule has 0 saturated carbocycles. The summed E-state index contributed by atoms with van der Waals surface area (Å²) in [6, 6.07) is 9.84. The molecular weight excluding hydrogens is 304 g/mol. The van der Waals surface area contributed by atoms with Crippen LogP contribution in [0.15, 0.2) is 42.7 Å². The molecule has 1 aromatic carbocycles. The first-order valence-electron chi connectivity index (χ1n) is 8.33. The molecule has 128 valence electrons. The number of aromatic nitrogens is 2. The number of amides is 1. The van der Waals surface area contributed by atoms with E-state index in [4.69, 9.17) is 10.5 Å². The third-order valence-corrected chi connectivity index (χ3v) is 4.83. The molecule has 3 rings (SSSR count). The molecule has 2 aromatic rings. The topological polar surface area (TPSA) is 82.2 Å². The van der Waals surface area contributed by atoms with Crippen LogP contribution in [0.2, 0.25) is 0 Å². The van der Waals surface area contributed by atoms with Crippen LogP contribution >= 0.6 is 0 Å². The smallest absolute Gasteiger partial charge is 0.228 e. The van der Waals surface area contributed by atoms with Crippen LogP contribution in [0.25, 0.3) is 5.69 Å². The fourth-order valence-electron chi connectivity index (χ4n) is 3.06. The lowest BCUT2D eigenvalue weighted by molar-refractivity contribution is -0.136. The van der Waals surface area contributed by atoms with Crippen molar-refractivity contribution < 1.29 is 9.53 Å². The molecule has 0 spiro atoms. The summed E-state index contributed by atoms with van der Waals surface area (Å²) in [6.07, 6.45) is 5.01. The molecule has 0 radical (unpaired) electrons. The van der Waals surface area contributed by atoms with Crippen molar-refractivity contribution in [3.8, 4) is 5.69 Å². The number of nitrogens with one attached hydrogen (secondary N) is 1. The second kappa shape index (κ2) is 7.15. The van der Waals surface area contributed by atoms with E-state index in [0.29, 0.717) is 32.6 Å². The van der Waals surface area contributed by atoms with Gasteiger partial charge in [-0.05, 0) is 43.5 Å². The third-order valence-electron chi connectivity index (χ3n) is 4.83. The molecule has 1 amide bonds. The standard InChI is InChI=1S/C18H24N4O2/c1-14(21-17(23)18(13-19)7-11-24-12-8-18)15-3-5-16(6-4-15)22-10-2-9-20-22/h2-6,9-10,14H,7-8,11-13,19H2,1H3,(H,21,23). The fourth-order valence-corrected chi connectivity index (χ4v) is 3.06. The minimum Gasteiger partial charge on any atom is -0.381 e. The highest BCUT2D eigenvalue weighted by molar-refractivity contribution is 5.83. The summed E-state index contributed by atoms with van der Waals surface area (Å²) in [7, 11) is 0. The summed E-state index contributed by atoms with van der Waals surface area (Å²) in [4.78, 5) is 12.7. The van der Waals surface area contributed by atoms with Crippen LogP contribution < -0.4 is 11.1 Å². The predicted octanol–water partition coefficient (Wildman–Crippen LogP) is 1.80. The number of nitrogens with two attached hydrogens (primary N) is 1. The Bertz CT molecular complexity index is 661. The Kier molecular flexibility index (Phi) is 4.97. The lowest BCUT2D eigenvalue weighted by atomic mass is 9.79. The van der Waals surface area contributed by atoms with Gasteiger partial charge >= 0.3 is 0 Å². The van der Waals surface area contributed by atoms with E-state index < -0.39 is 5.41 Å². The molecule has 3 N–H and O–H groups in total. The van der Waals surface area contributed by atoms with E-state index in [1.165, 1.54) is 0 Å². The van der Waals surface area contributed by atoms with Gasteiger partial charge in [-0.1, -0.05) is 12.1 Å². The zero-order valence-electron chi connectivity index (χ0n) is 13.9. The minimum absolute atomic E-state index is 0.0250. The first-order chi connectivity index (χ1) is 11.6. The van der Waals surface area contributed by atoms with E-state index >= 15 is 0 Å². The number of nitrogens with zero attached hydrogens (tertiary/aromatic N) is 2. The molecule has 6 heteroatoms. The highest BCUT2D eigenvalue weighted by Gasteiger charge is 2.39. The Labute approximate surface area is 142 Å². The zero-order chi connectivity index (χ0) is 17.0. The summed E-state index contributed by atoms with van der Waals surface area (Å²) in [5, 5.41) is 7.33. The van der Waals surface area contributed by atoms with Gasteiger partial charge in [-0.2, -0.15) is 5.10 Å². The Morgan fingerprint density at radius 1 is 1.38 bits per heavy atom. The second-order valence-corrected chi connectivity index (χ2v) is 6.33. The first kappa shape index (κ1) is 16.7. The van der Waals surface area contributed by atoms with Crippen LogP contribution in [0.4, 0.5) is 0 Å². The third kappa shape index (κ3) is 3.34. The number of rotatable bonds is 5. The lowest BCUT2D eigenvalue weighted by Crippen LogP contribution is -2.49. The van der Waals surface area contributed by atoms with Crippen LogP contribution in [0.5, 0.6) is 0 Å². The van der Waals surface area contributed by atoms with Gasteiger partial charge in [0.1, 0.15) is 0 Å². The molecule has 1 atom stereocenters. The van der Waals surface area contributed by atoms with Crippen molar-refractivity contribution in [1.82, 2.24) is 15.1 Å². The van der Waals surface area contributed by atoms with Crippen molar-refractivity contribution in [2.24, 2.45) is 11.1 Å². The monoisotopic (exact) mass is 328 g/mol. The van der Waals surface area contributed by atoms with Gasteiger partial charge < -0.3 is 15.8 Å². The van der Waals surface area contributed by atoms with Crippen molar-refractivity contribution in [3.63, 3.8) is 0 Å². The molecule has 1 saturated heterocycles. The van der Waals surface area contributed by atoms with Crippen LogP contribution in [0.1, 0.15) is 31.4 Å². The van der Waals surface area contributed by atoms with Crippen molar-refractivity contribution in [2.45, 2.75) is 25.8 Å². The molecule has 1 unspecified atom stereocenters. The Hall–Kier alpha value is -2.18.